The Labute approximate surface area is 195 Å². The Hall–Kier alpha value is -2.49. The molecule has 0 aliphatic carbocycles. The number of nitrogens with one attached hydrogen (secondary N) is 3. The van der Waals surface area contributed by atoms with E-state index in [2.05, 4.69) is 20.9 Å². The number of halogens is 1. The molecule has 2 rings (SSSR count). The zero-order chi connectivity index (χ0) is 21.1. The van der Waals surface area contributed by atoms with Crippen molar-refractivity contribution in [3.8, 4) is 11.5 Å². The van der Waals surface area contributed by atoms with Crippen LogP contribution in [0.3, 0.4) is 0 Å². The highest BCUT2D eigenvalue weighted by atomic mass is 127. The molecule has 0 saturated heterocycles. The maximum absolute atomic E-state index is 11.7. The lowest BCUT2D eigenvalue weighted by Gasteiger charge is -2.18. The van der Waals surface area contributed by atoms with Gasteiger partial charge in [-0.2, -0.15) is 0 Å². The number of ether oxygens (including phenoxy) is 2. The molecule has 7 nitrogen and oxygen atoms in total. The van der Waals surface area contributed by atoms with Crippen molar-refractivity contribution in [2.24, 2.45) is 4.99 Å². The van der Waals surface area contributed by atoms with E-state index in [-0.39, 0.29) is 36.0 Å². The van der Waals surface area contributed by atoms with Crippen LogP contribution >= 0.6 is 24.0 Å². The molecule has 0 fully saturated rings. The van der Waals surface area contributed by atoms with Crippen molar-refractivity contribution >= 4 is 35.8 Å². The first-order valence-electron chi connectivity index (χ1n) is 9.62. The molecule has 0 bridgehead atoms. The molecule has 2 aromatic carbocycles. The number of methoxy groups -OCH3 is 1. The molecular weight excluding hydrogens is 495 g/mol. The molecule has 1 amide bonds. The van der Waals surface area contributed by atoms with E-state index in [4.69, 9.17) is 9.47 Å². The van der Waals surface area contributed by atoms with E-state index < -0.39 is 0 Å². The number of rotatable bonds is 9. The molecule has 0 aromatic heterocycles. The molecule has 164 valence electrons. The fourth-order valence-corrected chi connectivity index (χ4v) is 2.73. The van der Waals surface area contributed by atoms with Crippen LogP contribution < -0.4 is 25.4 Å². The van der Waals surface area contributed by atoms with Crippen molar-refractivity contribution in [3.05, 3.63) is 59.7 Å². The maximum atomic E-state index is 11.7. The molecule has 1 unspecified atom stereocenters. The van der Waals surface area contributed by atoms with Crippen LogP contribution in [0.4, 0.5) is 0 Å². The van der Waals surface area contributed by atoms with Gasteiger partial charge in [0.05, 0.1) is 13.7 Å². The van der Waals surface area contributed by atoms with Crippen LogP contribution in [0, 0.1) is 0 Å². The second kappa shape index (κ2) is 13.7. The summed E-state index contributed by atoms with van der Waals surface area (Å²) in [6.07, 6.45) is 0.745. The number of hydrogen-bond acceptors (Lipinski definition) is 4. The average Bonchev–Trinajstić information content (AvgIpc) is 2.76. The van der Waals surface area contributed by atoms with Gasteiger partial charge in [0.2, 0.25) is 0 Å². The van der Waals surface area contributed by atoms with Crippen molar-refractivity contribution in [1.82, 2.24) is 16.0 Å². The number of carbonyl (C=O) groups is 1. The summed E-state index contributed by atoms with van der Waals surface area (Å²) in [4.78, 5) is 16.0. The van der Waals surface area contributed by atoms with Gasteiger partial charge in [0.25, 0.3) is 5.91 Å². The summed E-state index contributed by atoms with van der Waals surface area (Å²) in [5, 5.41) is 9.18. The Morgan fingerprint density at radius 3 is 2.43 bits per heavy atom. The third-order valence-corrected chi connectivity index (χ3v) is 4.30. The minimum Gasteiger partial charge on any atom is -0.497 e. The standard InChI is InChI=1S/C22H30N4O3.HI/c1-16(29-20-10-8-19(28-4)9-11-20)15-26-22(24-3)25-13-12-17-6-5-7-18(14-17)21(27)23-2;/h5-11,14,16H,12-13,15H2,1-4H3,(H,23,27)(H2,24,25,26);1H. The molecule has 0 saturated carbocycles. The summed E-state index contributed by atoms with van der Waals surface area (Å²) in [7, 11) is 5.00. The molecule has 30 heavy (non-hydrogen) atoms. The van der Waals surface area contributed by atoms with E-state index in [1.807, 2.05) is 49.4 Å². The molecule has 1 atom stereocenters. The lowest BCUT2D eigenvalue weighted by molar-refractivity contribution is 0.0963. The Bertz CT molecular complexity index is 812. The second-order valence-corrected chi connectivity index (χ2v) is 6.51. The van der Waals surface area contributed by atoms with Crippen molar-refractivity contribution in [1.29, 1.82) is 0 Å². The molecule has 0 aliphatic rings. The van der Waals surface area contributed by atoms with Gasteiger partial charge >= 0.3 is 0 Å². The zero-order valence-electron chi connectivity index (χ0n) is 17.9. The Morgan fingerprint density at radius 1 is 1.10 bits per heavy atom. The number of amides is 1. The number of aliphatic imine (C=N–C) groups is 1. The fraction of sp³-hybridized carbons (Fsp3) is 0.364. The first kappa shape index (κ1) is 25.5. The fourth-order valence-electron chi connectivity index (χ4n) is 2.73. The quantitative estimate of drug-likeness (QED) is 0.266. The Balaban J connectivity index is 0.00000450. The summed E-state index contributed by atoms with van der Waals surface area (Å²) in [5.74, 6) is 2.22. The monoisotopic (exact) mass is 526 g/mol. The van der Waals surface area contributed by atoms with Gasteiger partial charge in [0, 0.05) is 26.2 Å². The molecule has 3 N–H and O–H groups in total. The van der Waals surface area contributed by atoms with Crippen molar-refractivity contribution in [2.45, 2.75) is 19.4 Å². The Kier molecular flexibility index (Phi) is 11.7. The molecular formula is C22H31IN4O3. The summed E-state index contributed by atoms with van der Waals surface area (Å²) in [5.41, 5.74) is 1.75. The highest BCUT2D eigenvalue weighted by Gasteiger charge is 2.07. The van der Waals surface area contributed by atoms with Crippen molar-refractivity contribution in [2.75, 3.05) is 34.3 Å². The normalized spacial score (nSPS) is 11.7. The van der Waals surface area contributed by atoms with Crippen LogP contribution in [0.5, 0.6) is 11.5 Å². The van der Waals surface area contributed by atoms with E-state index in [1.54, 1.807) is 27.3 Å². The van der Waals surface area contributed by atoms with Gasteiger partial charge in [-0.3, -0.25) is 9.79 Å². The summed E-state index contributed by atoms with van der Waals surface area (Å²) >= 11 is 0. The lowest BCUT2D eigenvalue weighted by atomic mass is 10.1. The SMILES string of the molecule is CN=C(NCCc1cccc(C(=O)NC)c1)NCC(C)Oc1ccc(OC)cc1.I. The highest BCUT2D eigenvalue weighted by Crippen LogP contribution is 2.17. The highest BCUT2D eigenvalue weighted by molar-refractivity contribution is 14.0. The van der Waals surface area contributed by atoms with Crippen LogP contribution in [0.1, 0.15) is 22.8 Å². The van der Waals surface area contributed by atoms with Gasteiger partial charge in [0.1, 0.15) is 17.6 Å². The number of guanidine groups is 1. The predicted octanol–water partition coefficient (Wildman–Crippen LogP) is 2.85. The summed E-state index contributed by atoms with van der Waals surface area (Å²) < 4.78 is 11.0. The molecule has 0 heterocycles. The topological polar surface area (TPSA) is 84.0 Å². The molecule has 2 aromatic rings. The number of benzene rings is 2. The van der Waals surface area contributed by atoms with Crippen LogP contribution in [-0.2, 0) is 6.42 Å². The maximum Gasteiger partial charge on any atom is 0.251 e. The van der Waals surface area contributed by atoms with Gasteiger partial charge in [0.15, 0.2) is 5.96 Å². The average molecular weight is 526 g/mol. The number of hydrogen-bond donors (Lipinski definition) is 3. The minimum absolute atomic E-state index is 0. The predicted molar refractivity (Wildman–Crippen MR) is 131 cm³/mol. The van der Waals surface area contributed by atoms with Gasteiger partial charge in [-0.05, 0) is 55.3 Å². The van der Waals surface area contributed by atoms with Crippen molar-refractivity contribution < 1.29 is 14.3 Å². The second-order valence-electron chi connectivity index (χ2n) is 6.51. The van der Waals surface area contributed by atoms with E-state index in [1.165, 1.54) is 0 Å². The van der Waals surface area contributed by atoms with Crippen LogP contribution in [0.15, 0.2) is 53.5 Å². The van der Waals surface area contributed by atoms with Gasteiger partial charge in [-0.25, -0.2) is 0 Å². The minimum atomic E-state index is -0.0804. The third kappa shape index (κ3) is 8.48. The van der Waals surface area contributed by atoms with Gasteiger partial charge in [-0.15, -0.1) is 24.0 Å². The van der Waals surface area contributed by atoms with Crippen LogP contribution in [0.2, 0.25) is 0 Å². The van der Waals surface area contributed by atoms with E-state index >= 15 is 0 Å². The van der Waals surface area contributed by atoms with Crippen LogP contribution in [-0.4, -0.2) is 52.3 Å². The number of nitrogens with zero attached hydrogens (tertiary/aromatic N) is 1. The van der Waals surface area contributed by atoms with Crippen molar-refractivity contribution in [3.63, 3.8) is 0 Å². The third-order valence-electron chi connectivity index (χ3n) is 4.30. The molecule has 8 heteroatoms. The smallest absolute Gasteiger partial charge is 0.251 e. The van der Waals surface area contributed by atoms with E-state index in [0.29, 0.717) is 24.6 Å². The molecule has 0 aliphatic heterocycles. The van der Waals surface area contributed by atoms with Gasteiger partial charge < -0.3 is 25.4 Å². The van der Waals surface area contributed by atoms with E-state index in [9.17, 15) is 4.79 Å². The summed E-state index contributed by atoms with van der Waals surface area (Å²) in [6.45, 7) is 3.30. The molecule has 0 spiro atoms. The first-order chi connectivity index (χ1) is 14.0. The Morgan fingerprint density at radius 2 is 1.80 bits per heavy atom. The lowest BCUT2D eigenvalue weighted by Crippen LogP contribution is -2.42. The van der Waals surface area contributed by atoms with Gasteiger partial charge in [-0.1, -0.05) is 12.1 Å². The summed E-state index contributed by atoms with van der Waals surface area (Å²) in [6, 6.07) is 15.1. The largest absolute Gasteiger partial charge is 0.497 e. The number of carbonyl (C=O) groups excluding carboxylic acids is 1. The first-order valence-corrected chi connectivity index (χ1v) is 9.62. The zero-order valence-corrected chi connectivity index (χ0v) is 20.2. The van der Waals surface area contributed by atoms with E-state index in [0.717, 1.165) is 23.5 Å². The van der Waals surface area contributed by atoms with Crippen LogP contribution in [0.25, 0.3) is 0 Å². The molecule has 0 radical (unpaired) electrons.